The van der Waals surface area contributed by atoms with E-state index in [0.717, 1.165) is 30.1 Å². The van der Waals surface area contributed by atoms with Crippen molar-refractivity contribution in [2.24, 2.45) is 0 Å². The third kappa shape index (κ3) is 2.84. The molecule has 1 aliphatic rings. The van der Waals surface area contributed by atoms with Gasteiger partial charge in [-0.1, -0.05) is 0 Å². The summed E-state index contributed by atoms with van der Waals surface area (Å²) in [5.74, 6) is 0.0299. The number of benzene rings is 1. The van der Waals surface area contributed by atoms with Gasteiger partial charge < -0.3 is 15.2 Å². The van der Waals surface area contributed by atoms with Gasteiger partial charge in [-0.3, -0.25) is 10.1 Å². The summed E-state index contributed by atoms with van der Waals surface area (Å²) in [6.45, 7) is 1.69. The van der Waals surface area contributed by atoms with Crippen LogP contribution in [0.15, 0.2) is 18.2 Å². The molecule has 2 heterocycles. The number of phenols is 1. The van der Waals surface area contributed by atoms with Gasteiger partial charge in [0.05, 0.1) is 18.4 Å². The Bertz CT molecular complexity index is 661. The summed E-state index contributed by atoms with van der Waals surface area (Å²) in [5, 5.41) is 16.3. The summed E-state index contributed by atoms with van der Waals surface area (Å²) in [4.78, 5) is 17.8. The van der Waals surface area contributed by atoms with E-state index in [1.807, 2.05) is 0 Å². The molecule has 0 atom stereocenters. The molecule has 0 saturated carbocycles. The lowest BCUT2D eigenvalue weighted by atomic mass is 10.2. The van der Waals surface area contributed by atoms with Gasteiger partial charge in [-0.2, -0.15) is 0 Å². The number of thiazole rings is 1. The van der Waals surface area contributed by atoms with E-state index in [4.69, 9.17) is 4.74 Å². The summed E-state index contributed by atoms with van der Waals surface area (Å²) in [6, 6.07) is 4.53. The van der Waals surface area contributed by atoms with Gasteiger partial charge in [0, 0.05) is 24.4 Å². The van der Waals surface area contributed by atoms with Crippen LogP contribution in [0.25, 0.3) is 0 Å². The molecule has 0 bridgehead atoms. The number of aromatic nitrogens is 1. The monoisotopic (exact) mass is 305 g/mol. The molecule has 0 radical (unpaired) electrons. The normalized spacial score (nSPS) is 13.6. The molecule has 0 spiro atoms. The molecule has 21 heavy (non-hydrogen) atoms. The molecule has 7 heteroatoms. The fraction of sp³-hybridized carbons (Fsp3) is 0.286. The number of nitrogens with one attached hydrogen (secondary N) is 2. The molecular weight excluding hydrogens is 290 g/mol. The van der Waals surface area contributed by atoms with Gasteiger partial charge in [-0.25, -0.2) is 4.98 Å². The third-order valence-electron chi connectivity index (χ3n) is 3.27. The van der Waals surface area contributed by atoms with Crippen LogP contribution in [-0.4, -0.2) is 29.7 Å². The lowest BCUT2D eigenvalue weighted by molar-refractivity contribution is 0.102. The Labute approximate surface area is 125 Å². The minimum atomic E-state index is -0.398. The van der Waals surface area contributed by atoms with Crippen LogP contribution >= 0.6 is 11.3 Å². The molecule has 2 aromatic rings. The first-order chi connectivity index (χ1) is 10.2. The highest BCUT2D eigenvalue weighted by Crippen LogP contribution is 2.28. The molecule has 1 aromatic heterocycles. The van der Waals surface area contributed by atoms with Crippen LogP contribution in [0.2, 0.25) is 0 Å². The number of hydrogen-bond donors (Lipinski definition) is 3. The summed E-state index contributed by atoms with van der Waals surface area (Å²) in [7, 11) is 1.51. The zero-order valence-electron chi connectivity index (χ0n) is 11.5. The maximum absolute atomic E-state index is 12.2. The van der Waals surface area contributed by atoms with E-state index in [9.17, 15) is 9.90 Å². The van der Waals surface area contributed by atoms with Crippen molar-refractivity contribution in [3.05, 3.63) is 34.3 Å². The van der Waals surface area contributed by atoms with E-state index in [-0.39, 0.29) is 11.3 Å². The van der Waals surface area contributed by atoms with Gasteiger partial charge in [0.25, 0.3) is 5.91 Å². The number of anilines is 1. The Morgan fingerprint density at radius 2 is 2.38 bits per heavy atom. The third-order valence-corrected chi connectivity index (χ3v) is 4.28. The van der Waals surface area contributed by atoms with E-state index < -0.39 is 5.91 Å². The minimum absolute atomic E-state index is 0.0868. The summed E-state index contributed by atoms with van der Waals surface area (Å²) < 4.78 is 5.06. The van der Waals surface area contributed by atoms with Crippen molar-refractivity contribution < 1.29 is 14.6 Å². The predicted molar refractivity (Wildman–Crippen MR) is 80.1 cm³/mol. The highest BCUT2D eigenvalue weighted by atomic mass is 32.1. The molecule has 1 aliphatic heterocycles. The average Bonchev–Trinajstić information content (AvgIpc) is 2.89. The van der Waals surface area contributed by atoms with E-state index >= 15 is 0 Å². The van der Waals surface area contributed by atoms with Gasteiger partial charge in [0.2, 0.25) is 0 Å². The molecule has 1 aromatic carbocycles. The summed E-state index contributed by atoms with van der Waals surface area (Å²) >= 11 is 1.46. The molecule has 0 unspecified atom stereocenters. The van der Waals surface area contributed by atoms with Crippen molar-refractivity contribution in [2.75, 3.05) is 19.0 Å². The van der Waals surface area contributed by atoms with Crippen molar-refractivity contribution in [1.29, 1.82) is 0 Å². The number of aromatic hydroxyl groups is 1. The van der Waals surface area contributed by atoms with E-state index in [1.54, 1.807) is 6.07 Å². The molecule has 0 fully saturated rings. The van der Waals surface area contributed by atoms with E-state index in [0.29, 0.717) is 10.9 Å². The van der Waals surface area contributed by atoms with Crippen LogP contribution in [0.1, 0.15) is 20.9 Å². The van der Waals surface area contributed by atoms with Crippen molar-refractivity contribution in [1.82, 2.24) is 10.3 Å². The van der Waals surface area contributed by atoms with Crippen LogP contribution in [0.3, 0.4) is 0 Å². The molecule has 3 rings (SSSR count). The fourth-order valence-electron chi connectivity index (χ4n) is 2.17. The summed E-state index contributed by atoms with van der Waals surface area (Å²) in [6.07, 6.45) is 0.867. The lowest BCUT2D eigenvalue weighted by Gasteiger charge is -2.09. The average molecular weight is 305 g/mol. The number of carbonyl (C=O) groups excluding carboxylic acids is 1. The fourth-order valence-corrected chi connectivity index (χ4v) is 3.14. The minimum Gasteiger partial charge on any atom is -0.507 e. The zero-order valence-corrected chi connectivity index (χ0v) is 12.3. The standard InChI is InChI=1S/C14H15N3O3S/c1-20-8-2-3-11(18)9(6-8)13(19)17-14-16-10-4-5-15-7-12(10)21-14/h2-3,6,15,18H,4-5,7H2,1H3,(H,16,17,19). The number of phenolic OH excluding ortho intramolecular Hbond substituents is 1. The largest absolute Gasteiger partial charge is 0.507 e. The smallest absolute Gasteiger partial charge is 0.261 e. The quantitative estimate of drug-likeness (QED) is 0.805. The zero-order chi connectivity index (χ0) is 14.8. The predicted octanol–water partition coefficient (Wildman–Crippen LogP) is 1.76. The van der Waals surface area contributed by atoms with Gasteiger partial charge in [-0.15, -0.1) is 11.3 Å². The van der Waals surface area contributed by atoms with Crippen LogP contribution in [0, 0.1) is 0 Å². The van der Waals surface area contributed by atoms with Gasteiger partial charge in [0.1, 0.15) is 11.5 Å². The molecule has 6 nitrogen and oxygen atoms in total. The van der Waals surface area contributed by atoms with E-state index in [2.05, 4.69) is 15.6 Å². The van der Waals surface area contributed by atoms with Gasteiger partial charge in [-0.05, 0) is 18.2 Å². The maximum Gasteiger partial charge on any atom is 0.261 e. The number of carbonyl (C=O) groups is 1. The number of hydrogen-bond acceptors (Lipinski definition) is 6. The van der Waals surface area contributed by atoms with Crippen molar-refractivity contribution in [3.63, 3.8) is 0 Å². The SMILES string of the molecule is COc1ccc(O)c(C(=O)Nc2nc3c(s2)CNCC3)c1. The van der Waals surface area contributed by atoms with Crippen LogP contribution in [-0.2, 0) is 13.0 Å². The second-order valence-electron chi connectivity index (χ2n) is 4.65. The number of fused-ring (bicyclic) bond motifs is 1. The number of methoxy groups -OCH3 is 1. The molecule has 0 aliphatic carbocycles. The van der Waals surface area contributed by atoms with Gasteiger partial charge >= 0.3 is 0 Å². The number of nitrogens with zero attached hydrogens (tertiary/aromatic N) is 1. The highest BCUT2D eigenvalue weighted by molar-refractivity contribution is 7.15. The first-order valence-electron chi connectivity index (χ1n) is 6.55. The number of rotatable bonds is 3. The molecule has 0 saturated heterocycles. The summed E-state index contributed by atoms with van der Waals surface area (Å²) in [5.41, 5.74) is 1.20. The molecule has 1 amide bonds. The number of ether oxygens (including phenoxy) is 1. The van der Waals surface area contributed by atoms with Crippen molar-refractivity contribution >= 4 is 22.4 Å². The Morgan fingerprint density at radius 3 is 3.14 bits per heavy atom. The number of amides is 1. The first kappa shape index (κ1) is 13.8. The second kappa shape index (κ2) is 5.71. The Balaban J connectivity index is 1.81. The Hall–Kier alpha value is -2.12. The molecular formula is C14H15N3O3S. The second-order valence-corrected chi connectivity index (χ2v) is 5.74. The van der Waals surface area contributed by atoms with Crippen LogP contribution in [0.5, 0.6) is 11.5 Å². The Kier molecular flexibility index (Phi) is 3.76. The topological polar surface area (TPSA) is 83.5 Å². The van der Waals surface area contributed by atoms with Crippen molar-refractivity contribution in [2.45, 2.75) is 13.0 Å². The highest BCUT2D eigenvalue weighted by Gasteiger charge is 2.18. The Morgan fingerprint density at radius 1 is 1.52 bits per heavy atom. The van der Waals surface area contributed by atoms with Crippen LogP contribution < -0.4 is 15.4 Å². The van der Waals surface area contributed by atoms with E-state index in [1.165, 1.54) is 30.6 Å². The van der Waals surface area contributed by atoms with Crippen LogP contribution in [0.4, 0.5) is 5.13 Å². The van der Waals surface area contributed by atoms with Crippen molar-refractivity contribution in [3.8, 4) is 11.5 Å². The van der Waals surface area contributed by atoms with Gasteiger partial charge in [0.15, 0.2) is 5.13 Å². The maximum atomic E-state index is 12.2. The molecule has 3 N–H and O–H groups in total. The first-order valence-corrected chi connectivity index (χ1v) is 7.36. The molecule has 110 valence electrons. The lowest BCUT2D eigenvalue weighted by Crippen LogP contribution is -2.22.